The fraction of sp³-hybridized carbons (Fsp3) is 0.235. The van der Waals surface area contributed by atoms with Crippen LogP contribution in [0.2, 0.25) is 0 Å². The van der Waals surface area contributed by atoms with Crippen LogP contribution in [0, 0.1) is 11.3 Å². The van der Waals surface area contributed by atoms with Gasteiger partial charge in [0.2, 0.25) is 0 Å². The number of benzene rings is 2. The number of nitriles is 1. The van der Waals surface area contributed by atoms with E-state index in [2.05, 4.69) is 17.0 Å². The van der Waals surface area contributed by atoms with Gasteiger partial charge >= 0.3 is 0 Å². The number of hydrogen-bond donors (Lipinski definition) is 0. The molecule has 1 heterocycles. The maximum atomic E-state index is 8.82. The van der Waals surface area contributed by atoms with Gasteiger partial charge in [0.05, 0.1) is 11.6 Å². The van der Waals surface area contributed by atoms with Crippen molar-refractivity contribution < 1.29 is 4.74 Å². The fourth-order valence-electron chi connectivity index (χ4n) is 2.46. The molecular weight excluding hydrogens is 248 g/mol. The van der Waals surface area contributed by atoms with Crippen LogP contribution in [0.3, 0.4) is 0 Å². The average molecular weight is 264 g/mol. The summed E-state index contributed by atoms with van der Waals surface area (Å²) in [6, 6.07) is 18.1. The second kappa shape index (κ2) is 5.77. The predicted octanol–water partition coefficient (Wildman–Crippen LogP) is 2.95. The Kier molecular flexibility index (Phi) is 3.67. The first kappa shape index (κ1) is 12.7. The molecule has 0 amide bonds. The van der Waals surface area contributed by atoms with Crippen molar-refractivity contribution in [2.24, 2.45) is 0 Å². The molecule has 0 spiro atoms. The molecule has 0 saturated heterocycles. The SMILES string of the molecule is N#Cc1ccc(CN2CCOc3ccccc3C2)cc1. The standard InChI is InChI=1S/C17H16N2O/c18-11-14-5-7-15(8-6-14)12-19-9-10-20-17-4-2-1-3-16(17)13-19/h1-8H,9-10,12-13H2. The first-order valence-electron chi connectivity index (χ1n) is 6.77. The van der Waals surface area contributed by atoms with E-state index in [-0.39, 0.29) is 0 Å². The highest BCUT2D eigenvalue weighted by atomic mass is 16.5. The number of rotatable bonds is 2. The van der Waals surface area contributed by atoms with Gasteiger partial charge in [-0.1, -0.05) is 30.3 Å². The van der Waals surface area contributed by atoms with Gasteiger partial charge in [0.1, 0.15) is 12.4 Å². The first-order chi connectivity index (χ1) is 9.85. The summed E-state index contributed by atoms with van der Waals surface area (Å²) in [5.41, 5.74) is 3.17. The molecule has 0 unspecified atom stereocenters. The van der Waals surface area contributed by atoms with Gasteiger partial charge in [-0.15, -0.1) is 0 Å². The number of nitrogens with zero attached hydrogens (tertiary/aromatic N) is 2. The van der Waals surface area contributed by atoms with Crippen molar-refractivity contribution in [2.75, 3.05) is 13.2 Å². The van der Waals surface area contributed by atoms with Crippen molar-refractivity contribution in [2.45, 2.75) is 13.1 Å². The van der Waals surface area contributed by atoms with Crippen LogP contribution in [0.1, 0.15) is 16.7 Å². The fourth-order valence-corrected chi connectivity index (χ4v) is 2.46. The van der Waals surface area contributed by atoms with E-state index in [1.54, 1.807) is 0 Å². The van der Waals surface area contributed by atoms with E-state index in [1.165, 1.54) is 11.1 Å². The average Bonchev–Trinajstić information content (AvgIpc) is 2.69. The lowest BCUT2D eigenvalue weighted by Crippen LogP contribution is -2.25. The van der Waals surface area contributed by atoms with E-state index >= 15 is 0 Å². The Morgan fingerprint density at radius 2 is 1.90 bits per heavy atom. The molecule has 0 atom stereocenters. The van der Waals surface area contributed by atoms with Crippen LogP contribution in [0.5, 0.6) is 5.75 Å². The summed E-state index contributed by atoms with van der Waals surface area (Å²) in [5, 5.41) is 8.82. The zero-order chi connectivity index (χ0) is 13.8. The van der Waals surface area contributed by atoms with Gasteiger partial charge in [0.25, 0.3) is 0 Å². The van der Waals surface area contributed by atoms with Gasteiger partial charge in [-0.25, -0.2) is 0 Å². The molecule has 3 nitrogen and oxygen atoms in total. The van der Waals surface area contributed by atoms with Crippen LogP contribution >= 0.6 is 0 Å². The number of fused-ring (bicyclic) bond motifs is 1. The van der Waals surface area contributed by atoms with E-state index in [9.17, 15) is 0 Å². The number of hydrogen-bond acceptors (Lipinski definition) is 3. The normalized spacial score (nSPS) is 14.8. The molecule has 3 heteroatoms. The molecule has 1 aliphatic rings. The quantitative estimate of drug-likeness (QED) is 0.836. The van der Waals surface area contributed by atoms with Crippen LogP contribution in [0.4, 0.5) is 0 Å². The van der Waals surface area contributed by atoms with E-state index < -0.39 is 0 Å². The molecule has 0 radical (unpaired) electrons. The van der Waals surface area contributed by atoms with Gasteiger partial charge in [0.15, 0.2) is 0 Å². The van der Waals surface area contributed by atoms with Crippen molar-refractivity contribution in [1.29, 1.82) is 5.26 Å². The molecule has 20 heavy (non-hydrogen) atoms. The predicted molar refractivity (Wildman–Crippen MR) is 77.2 cm³/mol. The van der Waals surface area contributed by atoms with E-state index in [0.717, 1.165) is 25.4 Å². The first-order valence-corrected chi connectivity index (χ1v) is 6.77. The van der Waals surface area contributed by atoms with Gasteiger partial charge in [-0.2, -0.15) is 5.26 Å². The van der Waals surface area contributed by atoms with Gasteiger partial charge < -0.3 is 4.74 Å². The lowest BCUT2D eigenvalue weighted by molar-refractivity contribution is 0.219. The Labute approximate surface area is 119 Å². The summed E-state index contributed by atoms with van der Waals surface area (Å²) in [6.45, 7) is 3.40. The van der Waals surface area contributed by atoms with E-state index in [1.807, 2.05) is 42.5 Å². The van der Waals surface area contributed by atoms with Gasteiger partial charge in [-0.3, -0.25) is 4.90 Å². The van der Waals surface area contributed by atoms with Crippen LogP contribution in [-0.4, -0.2) is 18.1 Å². The molecule has 3 rings (SSSR count). The number of ether oxygens (including phenoxy) is 1. The zero-order valence-electron chi connectivity index (χ0n) is 11.2. The summed E-state index contributed by atoms with van der Waals surface area (Å²) in [5.74, 6) is 0.995. The highest BCUT2D eigenvalue weighted by Crippen LogP contribution is 2.23. The summed E-state index contributed by atoms with van der Waals surface area (Å²) < 4.78 is 5.77. The number of para-hydroxylation sites is 1. The van der Waals surface area contributed by atoms with Crippen LogP contribution in [0.15, 0.2) is 48.5 Å². The molecule has 1 aliphatic heterocycles. The molecule has 0 aliphatic carbocycles. The third kappa shape index (κ3) is 2.81. The summed E-state index contributed by atoms with van der Waals surface area (Å²) in [6.07, 6.45) is 0. The van der Waals surface area contributed by atoms with Crippen molar-refractivity contribution in [3.05, 3.63) is 65.2 Å². The molecule has 2 aromatic rings. The lowest BCUT2D eigenvalue weighted by Gasteiger charge is -2.19. The Bertz CT molecular complexity index is 628. The van der Waals surface area contributed by atoms with Crippen molar-refractivity contribution >= 4 is 0 Å². The molecule has 0 N–H and O–H groups in total. The molecule has 2 aromatic carbocycles. The summed E-state index contributed by atoms with van der Waals surface area (Å²) >= 11 is 0. The van der Waals surface area contributed by atoms with Crippen LogP contribution in [0.25, 0.3) is 0 Å². The summed E-state index contributed by atoms with van der Waals surface area (Å²) in [7, 11) is 0. The third-order valence-corrected chi connectivity index (χ3v) is 3.52. The topological polar surface area (TPSA) is 36.3 Å². The maximum absolute atomic E-state index is 8.82. The van der Waals surface area contributed by atoms with Gasteiger partial charge in [-0.05, 0) is 23.8 Å². The minimum Gasteiger partial charge on any atom is -0.492 e. The van der Waals surface area contributed by atoms with Gasteiger partial charge in [0, 0.05) is 25.2 Å². The lowest BCUT2D eigenvalue weighted by atomic mass is 10.1. The Balaban J connectivity index is 1.73. The van der Waals surface area contributed by atoms with E-state index in [4.69, 9.17) is 10.00 Å². The monoisotopic (exact) mass is 264 g/mol. The minimum atomic E-state index is 0.707. The minimum absolute atomic E-state index is 0.707. The highest BCUT2D eigenvalue weighted by molar-refractivity contribution is 5.34. The van der Waals surface area contributed by atoms with Crippen molar-refractivity contribution in [3.8, 4) is 11.8 Å². The summed E-state index contributed by atoms with van der Waals surface area (Å²) in [4.78, 5) is 2.37. The zero-order valence-corrected chi connectivity index (χ0v) is 11.2. The third-order valence-electron chi connectivity index (χ3n) is 3.52. The second-order valence-electron chi connectivity index (χ2n) is 4.98. The second-order valence-corrected chi connectivity index (χ2v) is 4.98. The van der Waals surface area contributed by atoms with Crippen molar-refractivity contribution in [1.82, 2.24) is 4.90 Å². The largest absolute Gasteiger partial charge is 0.492 e. The molecule has 0 fully saturated rings. The highest BCUT2D eigenvalue weighted by Gasteiger charge is 2.14. The van der Waals surface area contributed by atoms with Crippen LogP contribution < -0.4 is 4.74 Å². The maximum Gasteiger partial charge on any atom is 0.123 e. The Morgan fingerprint density at radius 3 is 2.70 bits per heavy atom. The molecule has 0 bridgehead atoms. The Morgan fingerprint density at radius 1 is 1.10 bits per heavy atom. The van der Waals surface area contributed by atoms with Crippen LogP contribution in [-0.2, 0) is 13.1 Å². The Hall–Kier alpha value is -2.31. The molecule has 0 aromatic heterocycles. The molecule has 100 valence electrons. The molecular formula is C17H16N2O. The van der Waals surface area contributed by atoms with Crippen molar-refractivity contribution in [3.63, 3.8) is 0 Å². The molecule has 0 saturated carbocycles. The van der Waals surface area contributed by atoms with E-state index in [0.29, 0.717) is 12.2 Å². The smallest absolute Gasteiger partial charge is 0.123 e.